The molecule has 204 valence electrons. The van der Waals surface area contributed by atoms with Crippen LogP contribution in [-0.2, 0) is 23.2 Å². The number of aryl methyl sites for hydroxylation is 1. The zero-order chi connectivity index (χ0) is 27.2. The van der Waals surface area contributed by atoms with Gasteiger partial charge in [0.05, 0.1) is 23.3 Å². The zero-order valence-corrected chi connectivity index (χ0v) is 22.1. The van der Waals surface area contributed by atoms with Crippen LogP contribution in [0.3, 0.4) is 0 Å². The van der Waals surface area contributed by atoms with Gasteiger partial charge in [-0.2, -0.15) is 22.6 Å². The fourth-order valence-electron chi connectivity index (χ4n) is 5.86. The van der Waals surface area contributed by atoms with Gasteiger partial charge < -0.3 is 5.11 Å². The molecule has 2 aliphatic rings. The molecule has 7 nitrogen and oxygen atoms in total. The van der Waals surface area contributed by atoms with Gasteiger partial charge in [-0.3, -0.25) is 9.58 Å². The van der Waals surface area contributed by atoms with Crippen LogP contribution >= 0.6 is 0 Å². The lowest BCUT2D eigenvalue weighted by Gasteiger charge is -2.57. The summed E-state index contributed by atoms with van der Waals surface area (Å²) >= 11 is 0. The minimum atomic E-state index is -4.78. The van der Waals surface area contributed by atoms with E-state index < -0.39 is 26.7 Å². The predicted molar refractivity (Wildman–Crippen MR) is 137 cm³/mol. The number of benzene rings is 2. The molecule has 38 heavy (non-hydrogen) atoms. The van der Waals surface area contributed by atoms with Crippen molar-refractivity contribution in [2.24, 2.45) is 7.05 Å². The number of aliphatic hydroxyl groups is 1. The van der Waals surface area contributed by atoms with E-state index >= 15 is 0 Å². The maximum absolute atomic E-state index is 13.7. The quantitative estimate of drug-likeness (QED) is 0.521. The lowest BCUT2D eigenvalue weighted by molar-refractivity contribution is -0.139. The molecule has 1 unspecified atom stereocenters. The molecule has 5 rings (SSSR count). The van der Waals surface area contributed by atoms with Crippen molar-refractivity contribution in [3.05, 3.63) is 71.5 Å². The monoisotopic (exact) mass is 548 g/mol. The molecule has 0 saturated carbocycles. The molecule has 0 amide bonds. The third kappa shape index (κ3) is 4.66. The number of sulfonamides is 1. The Hall–Kier alpha value is -2.73. The molecule has 3 aromatic rings. The molecule has 3 atom stereocenters. The Morgan fingerprint density at radius 1 is 1.05 bits per heavy atom. The zero-order valence-electron chi connectivity index (χ0n) is 21.3. The highest BCUT2D eigenvalue weighted by atomic mass is 32.2. The molecule has 0 aliphatic carbocycles. The van der Waals surface area contributed by atoms with Crippen molar-refractivity contribution in [3.8, 4) is 11.1 Å². The van der Waals surface area contributed by atoms with Crippen LogP contribution in [0, 0.1) is 6.92 Å². The fraction of sp³-hybridized carbons (Fsp3) is 0.444. The van der Waals surface area contributed by atoms with E-state index in [1.54, 1.807) is 4.68 Å². The van der Waals surface area contributed by atoms with Gasteiger partial charge in [0.2, 0.25) is 10.0 Å². The van der Waals surface area contributed by atoms with Gasteiger partial charge in [-0.1, -0.05) is 36.4 Å². The van der Waals surface area contributed by atoms with Crippen molar-refractivity contribution in [3.63, 3.8) is 0 Å². The molecule has 0 radical (unpaired) electrons. The largest absolute Gasteiger partial charge is 0.417 e. The average Bonchev–Trinajstić information content (AvgIpc) is 3.20. The molecule has 2 aromatic carbocycles. The van der Waals surface area contributed by atoms with Crippen LogP contribution in [0.15, 0.2) is 59.6 Å². The van der Waals surface area contributed by atoms with E-state index in [2.05, 4.69) is 10.00 Å². The van der Waals surface area contributed by atoms with Gasteiger partial charge in [0, 0.05) is 49.4 Å². The van der Waals surface area contributed by atoms with Crippen molar-refractivity contribution < 1.29 is 26.7 Å². The lowest BCUT2D eigenvalue weighted by atomic mass is 9.74. The lowest BCUT2D eigenvalue weighted by Crippen LogP contribution is -2.67. The van der Waals surface area contributed by atoms with E-state index in [1.807, 2.05) is 44.4 Å². The number of aromatic nitrogens is 2. The van der Waals surface area contributed by atoms with Crippen LogP contribution in [0.25, 0.3) is 11.1 Å². The van der Waals surface area contributed by atoms with E-state index in [-0.39, 0.29) is 37.7 Å². The van der Waals surface area contributed by atoms with Crippen molar-refractivity contribution in [2.45, 2.75) is 48.8 Å². The highest BCUT2D eigenvalue weighted by Crippen LogP contribution is 2.43. The second-order valence-corrected chi connectivity index (χ2v) is 11.9. The second-order valence-electron chi connectivity index (χ2n) is 10.0. The molecule has 3 heterocycles. The highest BCUT2D eigenvalue weighted by molar-refractivity contribution is 7.89. The number of hydrogen-bond donors (Lipinski definition) is 1. The maximum atomic E-state index is 13.7. The minimum Gasteiger partial charge on any atom is -0.395 e. The first-order chi connectivity index (χ1) is 18.0. The van der Waals surface area contributed by atoms with Gasteiger partial charge in [0.25, 0.3) is 0 Å². The fourth-order valence-corrected chi connectivity index (χ4v) is 7.57. The summed E-state index contributed by atoms with van der Waals surface area (Å²) in [4.78, 5) is 1.38. The number of halogens is 3. The van der Waals surface area contributed by atoms with Gasteiger partial charge in [0.15, 0.2) is 0 Å². The Morgan fingerprint density at radius 2 is 1.74 bits per heavy atom. The topological polar surface area (TPSA) is 78.7 Å². The normalized spacial score (nSPS) is 23.4. The molecule has 1 N–H and O–H groups in total. The van der Waals surface area contributed by atoms with Gasteiger partial charge in [0.1, 0.15) is 0 Å². The number of hydrogen-bond acceptors (Lipinski definition) is 5. The summed E-state index contributed by atoms with van der Waals surface area (Å²) < 4.78 is 71.2. The maximum Gasteiger partial charge on any atom is 0.417 e. The predicted octanol–water partition coefficient (Wildman–Crippen LogP) is 4.03. The number of aliphatic hydroxyl groups excluding tert-OH is 1. The number of alkyl halides is 3. The van der Waals surface area contributed by atoms with E-state index in [1.165, 1.54) is 16.4 Å². The van der Waals surface area contributed by atoms with Gasteiger partial charge >= 0.3 is 6.18 Å². The summed E-state index contributed by atoms with van der Waals surface area (Å²) in [6, 6.07) is 11.9. The Labute approximate surface area is 220 Å². The molecule has 0 bridgehead atoms. The third-order valence-electron chi connectivity index (χ3n) is 7.98. The molecule has 2 fully saturated rings. The molecule has 11 heteroatoms. The molecule has 2 aliphatic heterocycles. The van der Waals surface area contributed by atoms with Crippen molar-refractivity contribution >= 4 is 10.0 Å². The summed E-state index contributed by atoms with van der Waals surface area (Å²) in [6.07, 6.45) is -1.76. The van der Waals surface area contributed by atoms with Crippen LogP contribution in [-0.4, -0.2) is 70.8 Å². The summed E-state index contributed by atoms with van der Waals surface area (Å²) in [5, 5.41) is 14.5. The first-order valence-corrected chi connectivity index (χ1v) is 14.1. The number of rotatable bonds is 5. The smallest absolute Gasteiger partial charge is 0.395 e. The summed E-state index contributed by atoms with van der Waals surface area (Å²) in [6.45, 7) is 2.80. The first kappa shape index (κ1) is 26.9. The second kappa shape index (κ2) is 10.1. The summed E-state index contributed by atoms with van der Waals surface area (Å²) in [5.41, 5.74) is 2.85. The van der Waals surface area contributed by atoms with E-state index in [0.29, 0.717) is 19.4 Å². The first-order valence-electron chi connectivity index (χ1n) is 12.7. The highest BCUT2D eigenvalue weighted by Gasteiger charge is 2.50. The average molecular weight is 549 g/mol. The van der Waals surface area contributed by atoms with Gasteiger partial charge in [-0.05, 0) is 49.6 Å². The summed E-state index contributed by atoms with van der Waals surface area (Å²) in [7, 11) is -2.52. The number of nitrogens with zero attached hydrogens (tertiary/aromatic N) is 4. The van der Waals surface area contributed by atoms with Crippen LogP contribution in [0.1, 0.15) is 35.6 Å². The SMILES string of the molecule is Cc1c(-c2ccc([C@@H]3C(CO)N4CCCCN(S(=O)(=O)c5ccccc5C(F)(F)F)C[C@@H]34)cc2)cnn1C. The van der Waals surface area contributed by atoms with E-state index in [0.717, 1.165) is 34.5 Å². The Kier molecular flexibility index (Phi) is 7.14. The molecular weight excluding hydrogens is 517 g/mol. The van der Waals surface area contributed by atoms with Gasteiger partial charge in [-0.15, -0.1) is 0 Å². The minimum absolute atomic E-state index is 0.0547. The Bertz CT molecular complexity index is 1410. The molecule has 2 saturated heterocycles. The van der Waals surface area contributed by atoms with E-state index in [9.17, 15) is 26.7 Å². The van der Waals surface area contributed by atoms with Crippen molar-refractivity contribution in [1.29, 1.82) is 0 Å². The third-order valence-corrected chi connectivity index (χ3v) is 9.91. The summed E-state index contributed by atoms with van der Waals surface area (Å²) in [5.74, 6) is -0.155. The van der Waals surface area contributed by atoms with Gasteiger partial charge in [-0.25, -0.2) is 8.42 Å². The molecular formula is C27H31F3N4O3S. The molecule has 0 spiro atoms. The molecule has 1 aromatic heterocycles. The van der Waals surface area contributed by atoms with Crippen LogP contribution in [0.5, 0.6) is 0 Å². The number of fused-ring (bicyclic) bond motifs is 1. The van der Waals surface area contributed by atoms with Crippen LogP contribution in [0.4, 0.5) is 13.2 Å². The Balaban J connectivity index is 1.46. The van der Waals surface area contributed by atoms with E-state index in [4.69, 9.17) is 0 Å². The van der Waals surface area contributed by atoms with Crippen molar-refractivity contribution in [2.75, 3.05) is 26.2 Å². The van der Waals surface area contributed by atoms with Crippen LogP contribution < -0.4 is 0 Å². The van der Waals surface area contributed by atoms with Crippen molar-refractivity contribution in [1.82, 2.24) is 19.0 Å². The standard InChI is InChI=1S/C27H31F3N4O3S/c1-18-21(15-31-32(18)2)19-9-11-20(12-10-19)26-23-16-33(13-5-6-14-34(23)24(26)17-35)38(36,37)25-8-4-3-7-22(25)27(28,29)30/h3-4,7-12,15,23-24,26,35H,5-6,13-14,16-17H2,1-2H3/t23-,24?,26-/m0/s1. The Morgan fingerprint density at radius 3 is 2.37 bits per heavy atom. The van der Waals surface area contributed by atoms with Crippen LogP contribution in [0.2, 0.25) is 0 Å².